The van der Waals surface area contributed by atoms with Gasteiger partial charge in [0.25, 0.3) is 10.1 Å². The van der Waals surface area contributed by atoms with Gasteiger partial charge in [-0.05, 0) is 70.9 Å². The van der Waals surface area contributed by atoms with E-state index >= 15 is 0 Å². The van der Waals surface area contributed by atoms with Crippen molar-refractivity contribution in [3.05, 3.63) is 81.6 Å². The number of halogens is 9. The first-order valence-electron chi connectivity index (χ1n) is 12.6. The van der Waals surface area contributed by atoms with Crippen molar-refractivity contribution in [2.45, 2.75) is 47.8 Å². The van der Waals surface area contributed by atoms with Crippen LogP contribution in [0.25, 0.3) is 0 Å². The van der Waals surface area contributed by atoms with E-state index in [2.05, 4.69) is 0 Å². The van der Waals surface area contributed by atoms with Gasteiger partial charge in [0.1, 0.15) is 5.78 Å². The van der Waals surface area contributed by atoms with Crippen LogP contribution in [0, 0.1) is 16.7 Å². The van der Waals surface area contributed by atoms with Crippen LogP contribution >= 0.6 is 115 Å². The molecule has 232 valence electrons. The van der Waals surface area contributed by atoms with E-state index < -0.39 is 37.0 Å². The van der Waals surface area contributed by atoms with E-state index in [-0.39, 0.29) is 71.6 Å². The Hall–Kier alpha value is 0.200. The van der Waals surface area contributed by atoms with E-state index in [1.807, 2.05) is 13.8 Å². The molecular formula is C28H21Cl9O4S2. The van der Waals surface area contributed by atoms with Gasteiger partial charge in [-0.3, -0.25) is 4.79 Å². The van der Waals surface area contributed by atoms with Crippen molar-refractivity contribution in [1.29, 1.82) is 0 Å². The molecule has 0 heterocycles. The molecule has 0 saturated heterocycles. The minimum atomic E-state index is -4.68. The third-order valence-electron chi connectivity index (χ3n) is 8.52. The normalized spacial score (nSPS) is 21.9. The monoisotopic (exact) mass is 800 g/mol. The fraction of sp³-hybridized carbons (Fsp3) is 0.321. The summed E-state index contributed by atoms with van der Waals surface area (Å²) < 4.78 is 35.4. The van der Waals surface area contributed by atoms with Crippen LogP contribution in [0.15, 0.2) is 51.1 Å². The molecule has 3 aromatic carbocycles. The second kappa shape index (κ2) is 12.0. The van der Waals surface area contributed by atoms with Gasteiger partial charge in [-0.15, -0.1) is 0 Å². The molecule has 2 fully saturated rings. The summed E-state index contributed by atoms with van der Waals surface area (Å²) in [6.07, 6.45) is 1.39. The first kappa shape index (κ1) is 34.5. The number of Topliss-reactive ketones (excluding diaryl/α,β-unsaturated/α-hetero) is 1. The summed E-state index contributed by atoms with van der Waals surface area (Å²) in [7, 11) is -8.49. The molecule has 3 aromatic rings. The standard InChI is InChI=1S/C28H21Cl9O4S2/c1-27(2)13-3-4-28(27,23(38)5-13)12-42(39,40)41-43(24-17(32)6-14(29)7-18(24)33,25-19(34)8-15(30)9-20(25)35)26-21(36)10-16(31)11-22(26)37/h6-11,13H,3-5,12H2,1-2H3. The fourth-order valence-corrected chi connectivity index (χ4v) is 17.0. The molecule has 2 unspecified atom stereocenters. The fourth-order valence-electron chi connectivity index (χ4n) is 6.41. The van der Waals surface area contributed by atoms with E-state index in [0.29, 0.717) is 19.3 Å². The molecule has 0 aliphatic heterocycles. The number of benzene rings is 3. The van der Waals surface area contributed by atoms with E-state index in [9.17, 15) is 13.2 Å². The van der Waals surface area contributed by atoms with Gasteiger partial charge in [-0.25, -0.2) is 3.63 Å². The molecule has 0 radical (unpaired) electrons. The molecule has 2 saturated carbocycles. The predicted molar refractivity (Wildman–Crippen MR) is 180 cm³/mol. The van der Waals surface area contributed by atoms with Crippen LogP contribution in [0.4, 0.5) is 0 Å². The molecule has 2 bridgehead atoms. The van der Waals surface area contributed by atoms with Gasteiger partial charge in [0.05, 0.1) is 56.0 Å². The molecular weight excluding hydrogens is 784 g/mol. The number of carbonyl (C=O) groups is 1. The highest BCUT2D eigenvalue weighted by molar-refractivity contribution is 8.33. The zero-order valence-corrected chi connectivity index (χ0v) is 30.7. The maximum atomic E-state index is 14.5. The number of carbonyl (C=O) groups excluding carboxylic acids is 1. The molecule has 43 heavy (non-hydrogen) atoms. The third kappa shape index (κ3) is 5.72. The lowest BCUT2D eigenvalue weighted by Gasteiger charge is -2.43. The average molecular weight is 805 g/mol. The molecule has 0 spiro atoms. The Bertz CT molecular complexity index is 1590. The number of hydrogen-bond acceptors (Lipinski definition) is 4. The zero-order valence-electron chi connectivity index (χ0n) is 22.2. The average Bonchev–Trinajstić information content (AvgIpc) is 3.15. The highest BCUT2D eigenvalue weighted by atomic mass is 35.5. The van der Waals surface area contributed by atoms with Gasteiger partial charge < -0.3 is 0 Å². The Morgan fingerprint density at radius 2 is 1.05 bits per heavy atom. The molecule has 0 aromatic heterocycles. The Morgan fingerprint density at radius 3 is 1.33 bits per heavy atom. The largest absolute Gasteiger partial charge is 0.299 e. The summed E-state index contributed by atoms with van der Waals surface area (Å²) in [5, 5.41) is -0.00789. The van der Waals surface area contributed by atoms with E-state index in [1.54, 1.807) is 0 Å². The summed E-state index contributed by atoms with van der Waals surface area (Å²) in [6, 6.07) is 8.17. The highest BCUT2D eigenvalue weighted by Crippen LogP contribution is 2.78. The van der Waals surface area contributed by atoms with Gasteiger partial charge in [0.15, 0.2) is 0 Å². The highest BCUT2D eigenvalue weighted by Gasteiger charge is 2.66. The minimum absolute atomic E-state index is 0.0418. The number of ketones is 1. The number of hydrogen-bond donors (Lipinski definition) is 0. The zero-order chi connectivity index (χ0) is 31.9. The first-order valence-corrected chi connectivity index (χ1v) is 19.1. The van der Waals surface area contributed by atoms with Crippen LogP contribution in [-0.4, -0.2) is 20.0 Å². The lowest BCUT2D eigenvalue weighted by atomic mass is 9.70. The molecule has 0 N–H and O–H groups in total. The molecule has 2 aliphatic rings. The van der Waals surface area contributed by atoms with Gasteiger partial charge in [-0.2, -0.15) is 8.42 Å². The van der Waals surface area contributed by atoms with E-state index in [0.717, 1.165) is 0 Å². The predicted octanol–water partition coefficient (Wildman–Crippen LogP) is 12.5. The van der Waals surface area contributed by atoms with Gasteiger partial charge >= 0.3 is 0 Å². The van der Waals surface area contributed by atoms with Crippen LogP contribution in [0.1, 0.15) is 33.1 Å². The molecule has 0 amide bonds. The van der Waals surface area contributed by atoms with Crippen molar-refractivity contribution in [2.75, 3.05) is 5.75 Å². The molecule has 15 heteroatoms. The maximum absolute atomic E-state index is 14.5. The summed E-state index contributed by atoms with van der Waals surface area (Å²) in [6.45, 7) is 3.83. The van der Waals surface area contributed by atoms with Crippen molar-refractivity contribution >= 4 is 131 Å². The Morgan fingerprint density at radius 1 is 0.698 bits per heavy atom. The van der Waals surface area contributed by atoms with Crippen molar-refractivity contribution in [1.82, 2.24) is 0 Å². The number of rotatable bonds is 7. The van der Waals surface area contributed by atoms with E-state index in [4.69, 9.17) is 108 Å². The van der Waals surface area contributed by atoms with Crippen LogP contribution in [0.3, 0.4) is 0 Å². The molecule has 4 nitrogen and oxygen atoms in total. The Balaban J connectivity index is 1.90. The quantitative estimate of drug-likeness (QED) is 0.239. The lowest BCUT2D eigenvalue weighted by Crippen LogP contribution is -2.42. The van der Waals surface area contributed by atoms with Crippen LogP contribution in [0.2, 0.25) is 45.2 Å². The first-order chi connectivity index (χ1) is 19.9. The Kier molecular flexibility index (Phi) is 9.65. The van der Waals surface area contributed by atoms with Crippen molar-refractivity contribution in [3.63, 3.8) is 0 Å². The Labute approximate surface area is 296 Å². The maximum Gasteiger partial charge on any atom is 0.278 e. The minimum Gasteiger partial charge on any atom is -0.299 e. The smallest absolute Gasteiger partial charge is 0.278 e. The van der Waals surface area contributed by atoms with Gasteiger partial charge in [-0.1, -0.05) is 118 Å². The van der Waals surface area contributed by atoms with Crippen LogP contribution in [-0.2, 0) is 18.5 Å². The lowest BCUT2D eigenvalue weighted by molar-refractivity contribution is -0.128. The van der Waals surface area contributed by atoms with Crippen LogP contribution in [0.5, 0.6) is 0 Å². The second-order valence-electron chi connectivity index (χ2n) is 11.1. The molecule has 2 aliphatic carbocycles. The number of fused-ring (bicyclic) bond motifs is 2. The summed E-state index contributed by atoms with van der Waals surface area (Å²) >= 11 is 59.7. The van der Waals surface area contributed by atoms with Crippen molar-refractivity contribution < 1.29 is 16.8 Å². The van der Waals surface area contributed by atoms with Gasteiger partial charge in [0.2, 0.25) is 0 Å². The molecule has 5 rings (SSSR count). The summed E-state index contributed by atoms with van der Waals surface area (Å²) in [5.74, 6) is -0.701. The van der Waals surface area contributed by atoms with E-state index in [1.165, 1.54) is 36.4 Å². The summed E-state index contributed by atoms with van der Waals surface area (Å²) in [5.41, 5.74) is -1.78. The van der Waals surface area contributed by atoms with Crippen molar-refractivity contribution in [2.24, 2.45) is 16.7 Å². The second-order valence-corrected chi connectivity index (χ2v) is 19.1. The SMILES string of the molecule is CC1(C)C2CCC1(CS(=O)(=O)OS(c1c(Cl)cc(Cl)cc1Cl)(c1c(Cl)cc(Cl)cc1Cl)c1c(Cl)cc(Cl)cc1Cl)C(=O)C2. The topological polar surface area (TPSA) is 60.4 Å². The third-order valence-corrected chi connectivity index (χ3v) is 17.2. The van der Waals surface area contributed by atoms with Gasteiger partial charge in [0, 0.05) is 21.5 Å². The van der Waals surface area contributed by atoms with Crippen molar-refractivity contribution in [3.8, 4) is 0 Å². The molecule has 2 atom stereocenters. The summed E-state index contributed by atoms with van der Waals surface area (Å²) in [4.78, 5) is 13.3. The van der Waals surface area contributed by atoms with Crippen LogP contribution < -0.4 is 0 Å².